The van der Waals surface area contributed by atoms with Crippen LogP contribution in [0.2, 0.25) is 0 Å². The summed E-state index contributed by atoms with van der Waals surface area (Å²) < 4.78 is 1.86. The van der Waals surface area contributed by atoms with Gasteiger partial charge in [-0.25, -0.2) is 10.4 Å². The Hall–Kier alpha value is -3.80. The molecule has 0 fully saturated rings. The van der Waals surface area contributed by atoms with Crippen molar-refractivity contribution in [1.82, 2.24) is 20.0 Å². The number of pyridine rings is 1. The molecular weight excluding hydrogens is 362 g/mol. The van der Waals surface area contributed by atoms with Crippen LogP contribution in [0, 0.1) is 6.92 Å². The summed E-state index contributed by atoms with van der Waals surface area (Å²) in [6, 6.07) is 21.4. The molecule has 144 valence electrons. The third-order valence-corrected chi connectivity index (χ3v) is 4.67. The maximum absolute atomic E-state index is 12.6. The predicted molar refractivity (Wildman–Crippen MR) is 114 cm³/mol. The molecule has 0 atom stereocenters. The first-order valence-electron chi connectivity index (χ1n) is 9.38. The highest BCUT2D eigenvalue weighted by molar-refractivity contribution is 5.99. The van der Waals surface area contributed by atoms with Crippen molar-refractivity contribution in [3.63, 3.8) is 0 Å². The molecule has 1 N–H and O–H groups in total. The Bertz CT molecular complexity index is 1180. The lowest BCUT2D eigenvalue weighted by atomic mass is 10.1. The van der Waals surface area contributed by atoms with Crippen molar-refractivity contribution in [3.05, 3.63) is 84.1 Å². The number of hydrogen-bond acceptors (Lipinski definition) is 4. The van der Waals surface area contributed by atoms with E-state index in [2.05, 4.69) is 20.5 Å². The van der Waals surface area contributed by atoms with E-state index < -0.39 is 0 Å². The van der Waals surface area contributed by atoms with E-state index >= 15 is 0 Å². The van der Waals surface area contributed by atoms with Gasteiger partial charge in [0.05, 0.1) is 16.7 Å². The lowest BCUT2D eigenvalue weighted by molar-refractivity contribution is -0.121. The molecule has 0 spiro atoms. The molecule has 0 saturated carbocycles. The summed E-state index contributed by atoms with van der Waals surface area (Å²) in [5, 5.41) is 4.25. The van der Waals surface area contributed by atoms with Crippen LogP contribution in [0.25, 0.3) is 22.6 Å². The number of rotatable bonds is 5. The minimum absolute atomic E-state index is 0.0943. The van der Waals surface area contributed by atoms with Crippen molar-refractivity contribution < 1.29 is 4.79 Å². The fraction of sp³-hybridized carbons (Fsp3) is 0.130. The molecule has 6 heteroatoms. The zero-order valence-electron chi connectivity index (χ0n) is 16.3. The second kappa shape index (κ2) is 8.06. The van der Waals surface area contributed by atoms with Crippen LogP contribution < -0.4 is 5.43 Å². The summed E-state index contributed by atoms with van der Waals surface area (Å²) in [6.45, 7) is 4.00. The van der Waals surface area contributed by atoms with Crippen molar-refractivity contribution in [2.45, 2.75) is 20.4 Å². The van der Waals surface area contributed by atoms with Crippen LogP contribution >= 0.6 is 0 Å². The van der Waals surface area contributed by atoms with Crippen LogP contribution in [0.3, 0.4) is 0 Å². The van der Waals surface area contributed by atoms with Crippen molar-refractivity contribution >= 4 is 22.7 Å². The van der Waals surface area contributed by atoms with Crippen LogP contribution in [0.4, 0.5) is 0 Å². The molecule has 2 heterocycles. The quantitative estimate of drug-likeness (QED) is 0.419. The number of aromatic nitrogens is 3. The first kappa shape index (κ1) is 18.6. The minimum atomic E-state index is -0.225. The fourth-order valence-corrected chi connectivity index (χ4v) is 3.11. The van der Waals surface area contributed by atoms with Gasteiger partial charge in [-0.05, 0) is 43.7 Å². The Balaban J connectivity index is 1.59. The van der Waals surface area contributed by atoms with Crippen LogP contribution in [-0.2, 0) is 11.3 Å². The highest BCUT2D eigenvalue weighted by atomic mass is 16.2. The largest absolute Gasteiger partial charge is 0.313 e. The zero-order valence-corrected chi connectivity index (χ0v) is 16.3. The third kappa shape index (κ3) is 4.06. The summed E-state index contributed by atoms with van der Waals surface area (Å²) in [6.07, 6.45) is 1.72. The number of hydrogen-bond donors (Lipinski definition) is 1. The Morgan fingerprint density at radius 3 is 2.55 bits per heavy atom. The second-order valence-electron chi connectivity index (χ2n) is 6.82. The minimum Gasteiger partial charge on any atom is -0.313 e. The van der Waals surface area contributed by atoms with Crippen molar-refractivity contribution in [2.75, 3.05) is 0 Å². The van der Waals surface area contributed by atoms with E-state index in [1.807, 2.05) is 85.1 Å². The lowest BCUT2D eigenvalue weighted by Gasteiger charge is -2.08. The van der Waals surface area contributed by atoms with Gasteiger partial charge in [-0.2, -0.15) is 5.10 Å². The van der Waals surface area contributed by atoms with E-state index in [-0.39, 0.29) is 12.5 Å². The average molecular weight is 383 g/mol. The number of benzene rings is 2. The second-order valence-corrected chi connectivity index (χ2v) is 6.82. The first-order chi connectivity index (χ1) is 14.1. The molecule has 2 aromatic carbocycles. The monoisotopic (exact) mass is 383 g/mol. The van der Waals surface area contributed by atoms with Crippen molar-refractivity contribution in [1.29, 1.82) is 0 Å². The SMILES string of the molecule is CC(=NNC(=O)Cn1c(-c2ccccn2)nc2ccccc21)c1ccc(C)cc1. The molecule has 4 aromatic rings. The molecule has 2 aromatic heterocycles. The predicted octanol–water partition coefficient (Wildman–Crippen LogP) is 3.95. The Kier molecular flexibility index (Phi) is 5.16. The first-order valence-corrected chi connectivity index (χ1v) is 9.38. The van der Waals surface area contributed by atoms with Gasteiger partial charge in [0.2, 0.25) is 0 Å². The number of nitrogens with one attached hydrogen (secondary N) is 1. The molecule has 0 aliphatic carbocycles. The number of hydrazone groups is 1. The summed E-state index contributed by atoms with van der Waals surface area (Å²) in [5.74, 6) is 0.429. The summed E-state index contributed by atoms with van der Waals surface area (Å²) in [4.78, 5) is 21.7. The fourth-order valence-electron chi connectivity index (χ4n) is 3.11. The number of nitrogens with zero attached hydrogens (tertiary/aromatic N) is 4. The number of carbonyl (C=O) groups excluding carboxylic acids is 1. The van der Waals surface area contributed by atoms with Gasteiger partial charge in [0, 0.05) is 6.20 Å². The van der Waals surface area contributed by atoms with E-state index in [4.69, 9.17) is 0 Å². The normalized spacial score (nSPS) is 11.6. The van der Waals surface area contributed by atoms with Crippen LogP contribution in [0.15, 0.2) is 78.0 Å². The van der Waals surface area contributed by atoms with E-state index in [9.17, 15) is 4.79 Å². The smallest absolute Gasteiger partial charge is 0.260 e. The Morgan fingerprint density at radius 2 is 1.79 bits per heavy atom. The van der Waals surface area contributed by atoms with Crippen LogP contribution in [0.5, 0.6) is 0 Å². The Labute approximate surface area is 168 Å². The van der Waals surface area contributed by atoms with Gasteiger partial charge in [-0.15, -0.1) is 0 Å². The summed E-state index contributed by atoms with van der Waals surface area (Å²) in [7, 11) is 0. The number of amides is 1. The molecule has 0 bridgehead atoms. The van der Waals surface area contributed by atoms with Gasteiger partial charge in [0.15, 0.2) is 5.82 Å². The highest BCUT2D eigenvalue weighted by Crippen LogP contribution is 2.23. The molecule has 0 aliphatic rings. The molecule has 0 unspecified atom stereocenters. The summed E-state index contributed by atoms with van der Waals surface area (Å²) in [5.41, 5.74) is 7.97. The number of imidazole rings is 1. The number of carbonyl (C=O) groups is 1. The number of para-hydroxylation sites is 2. The average Bonchev–Trinajstić information content (AvgIpc) is 3.11. The Morgan fingerprint density at radius 1 is 1.03 bits per heavy atom. The number of aryl methyl sites for hydroxylation is 1. The van der Waals surface area contributed by atoms with Gasteiger partial charge in [0.1, 0.15) is 12.2 Å². The highest BCUT2D eigenvalue weighted by Gasteiger charge is 2.15. The zero-order chi connectivity index (χ0) is 20.2. The van der Waals surface area contributed by atoms with Gasteiger partial charge < -0.3 is 4.57 Å². The third-order valence-electron chi connectivity index (χ3n) is 4.67. The van der Waals surface area contributed by atoms with E-state index in [1.54, 1.807) is 6.20 Å². The van der Waals surface area contributed by atoms with Crippen LogP contribution in [-0.4, -0.2) is 26.2 Å². The standard InChI is InChI=1S/C23H21N5O/c1-16-10-12-18(13-11-16)17(2)26-27-22(29)15-28-21-9-4-3-7-19(21)25-23(28)20-8-5-6-14-24-20/h3-14H,15H2,1-2H3,(H,27,29). The number of fused-ring (bicyclic) bond motifs is 1. The summed E-state index contributed by atoms with van der Waals surface area (Å²) >= 11 is 0. The molecule has 6 nitrogen and oxygen atoms in total. The van der Waals surface area contributed by atoms with Gasteiger partial charge in [-0.1, -0.05) is 48.0 Å². The molecule has 0 aliphatic heterocycles. The maximum atomic E-state index is 12.6. The topological polar surface area (TPSA) is 72.2 Å². The van der Waals surface area contributed by atoms with E-state index in [1.165, 1.54) is 5.56 Å². The molecule has 1 amide bonds. The van der Waals surface area contributed by atoms with Crippen molar-refractivity contribution in [2.24, 2.45) is 5.10 Å². The molecule has 0 radical (unpaired) electrons. The van der Waals surface area contributed by atoms with Gasteiger partial charge in [0.25, 0.3) is 5.91 Å². The van der Waals surface area contributed by atoms with E-state index in [0.717, 1.165) is 28.0 Å². The van der Waals surface area contributed by atoms with Gasteiger partial charge in [-0.3, -0.25) is 9.78 Å². The lowest BCUT2D eigenvalue weighted by Crippen LogP contribution is -2.24. The molecule has 29 heavy (non-hydrogen) atoms. The molecular formula is C23H21N5O. The van der Waals surface area contributed by atoms with Gasteiger partial charge >= 0.3 is 0 Å². The van der Waals surface area contributed by atoms with Crippen molar-refractivity contribution in [3.8, 4) is 11.5 Å². The molecule has 0 saturated heterocycles. The molecule has 4 rings (SSSR count). The van der Waals surface area contributed by atoms with Crippen LogP contribution in [0.1, 0.15) is 18.1 Å². The maximum Gasteiger partial charge on any atom is 0.260 e. The van der Waals surface area contributed by atoms with E-state index in [0.29, 0.717) is 5.82 Å².